The number of carbonyl (C=O) groups excluding carboxylic acids is 1. The Morgan fingerprint density at radius 1 is 1.10 bits per heavy atom. The molecule has 20 heavy (non-hydrogen) atoms. The average Bonchev–Trinajstić information content (AvgIpc) is 2.50. The predicted octanol–water partition coefficient (Wildman–Crippen LogP) is 4.71. The van der Waals surface area contributed by atoms with Crippen LogP contribution in [0.1, 0.15) is 35.3 Å². The lowest BCUT2D eigenvalue weighted by molar-refractivity contribution is 0.0993. The molecule has 0 aliphatic carbocycles. The average molecular weight is 290 g/mol. The number of hydrogen-bond donors (Lipinski definition) is 1. The molecule has 2 rings (SSSR count). The Hall–Kier alpha value is -1.61. The van der Waals surface area contributed by atoms with E-state index >= 15 is 0 Å². The zero-order valence-corrected chi connectivity index (χ0v) is 12.7. The highest BCUT2D eigenvalue weighted by Gasteiger charge is 2.08. The van der Waals surface area contributed by atoms with Crippen LogP contribution in [-0.4, -0.2) is 5.78 Å². The molecule has 106 valence electrons. The van der Waals surface area contributed by atoms with E-state index < -0.39 is 0 Å². The number of hydrogen-bond acceptors (Lipinski definition) is 2. The van der Waals surface area contributed by atoms with Crippen molar-refractivity contribution in [1.82, 2.24) is 0 Å². The van der Waals surface area contributed by atoms with Gasteiger partial charge in [0, 0.05) is 17.7 Å². The van der Waals surface area contributed by atoms with Crippen LogP contribution in [0.4, 0.5) is 4.39 Å². The van der Waals surface area contributed by atoms with E-state index in [1.165, 1.54) is 6.07 Å². The fourth-order valence-electron chi connectivity index (χ4n) is 1.74. The first-order valence-electron chi connectivity index (χ1n) is 6.67. The van der Waals surface area contributed by atoms with Gasteiger partial charge in [-0.1, -0.05) is 56.3 Å². The van der Waals surface area contributed by atoms with Crippen LogP contribution in [0.3, 0.4) is 0 Å². The second-order valence-corrected chi connectivity index (χ2v) is 4.37. The fourth-order valence-corrected chi connectivity index (χ4v) is 2.00. The maximum atomic E-state index is 13.5. The third-order valence-corrected chi connectivity index (χ3v) is 3.09. The largest absolute Gasteiger partial charge is 0.294 e. The molecule has 0 atom stereocenters. The number of halogens is 1. The minimum Gasteiger partial charge on any atom is -0.294 e. The van der Waals surface area contributed by atoms with Crippen LogP contribution in [0.25, 0.3) is 0 Å². The fraction of sp³-hybridized carbons (Fsp3) is 0.235. The zero-order chi connectivity index (χ0) is 15.0. The predicted molar refractivity (Wildman–Crippen MR) is 84.9 cm³/mol. The summed E-state index contributed by atoms with van der Waals surface area (Å²) >= 11 is 4.03. The topological polar surface area (TPSA) is 17.1 Å². The molecule has 2 aromatic rings. The van der Waals surface area contributed by atoms with Gasteiger partial charge in [0.15, 0.2) is 5.78 Å². The first-order chi connectivity index (χ1) is 9.70. The molecule has 0 aliphatic heterocycles. The highest BCUT2D eigenvalue weighted by atomic mass is 32.1. The second-order valence-electron chi connectivity index (χ2n) is 4.05. The number of rotatable bonds is 4. The van der Waals surface area contributed by atoms with E-state index in [0.29, 0.717) is 22.4 Å². The van der Waals surface area contributed by atoms with Gasteiger partial charge in [0.1, 0.15) is 5.82 Å². The smallest absolute Gasteiger partial charge is 0.167 e. The van der Waals surface area contributed by atoms with Crippen molar-refractivity contribution in [2.24, 2.45) is 0 Å². The van der Waals surface area contributed by atoms with Gasteiger partial charge < -0.3 is 0 Å². The van der Waals surface area contributed by atoms with Gasteiger partial charge in [-0.3, -0.25) is 4.79 Å². The number of thiol groups is 1. The van der Waals surface area contributed by atoms with Gasteiger partial charge in [0.05, 0.1) is 0 Å². The lowest BCUT2D eigenvalue weighted by Crippen LogP contribution is -2.04. The van der Waals surface area contributed by atoms with Crippen molar-refractivity contribution >= 4 is 18.4 Å². The Kier molecular flexibility index (Phi) is 7.02. The monoisotopic (exact) mass is 290 g/mol. The van der Waals surface area contributed by atoms with Crippen molar-refractivity contribution in [2.45, 2.75) is 26.0 Å². The molecule has 0 fully saturated rings. The summed E-state index contributed by atoms with van der Waals surface area (Å²) in [7, 11) is 0. The van der Waals surface area contributed by atoms with Crippen LogP contribution in [0.15, 0.2) is 48.5 Å². The number of benzene rings is 2. The molecule has 0 amide bonds. The summed E-state index contributed by atoms with van der Waals surface area (Å²) in [5.41, 5.74) is 1.89. The SMILES string of the molecule is CC.O=C(Cc1ccc(CS)c(F)c1)c1ccccc1. The normalized spacial score (nSPS) is 9.60. The van der Waals surface area contributed by atoms with E-state index in [-0.39, 0.29) is 18.0 Å². The van der Waals surface area contributed by atoms with Crippen LogP contribution >= 0.6 is 12.6 Å². The van der Waals surface area contributed by atoms with Crippen LogP contribution in [-0.2, 0) is 12.2 Å². The van der Waals surface area contributed by atoms with Gasteiger partial charge in [-0.05, 0) is 17.2 Å². The summed E-state index contributed by atoms with van der Waals surface area (Å²) in [6, 6.07) is 13.9. The van der Waals surface area contributed by atoms with Crippen molar-refractivity contribution in [3.8, 4) is 0 Å². The molecule has 0 N–H and O–H groups in total. The van der Waals surface area contributed by atoms with Crippen molar-refractivity contribution < 1.29 is 9.18 Å². The molecular weight excluding hydrogens is 271 g/mol. The molecule has 0 aliphatic rings. The Bertz CT molecular complexity index is 552. The summed E-state index contributed by atoms with van der Waals surface area (Å²) in [4.78, 5) is 11.9. The summed E-state index contributed by atoms with van der Waals surface area (Å²) in [6.45, 7) is 4.00. The van der Waals surface area contributed by atoms with E-state index in [2.05, 4.69) is 12.6 Å². The Labute approximate surface area is 125 Å². The molecule has 0 bridgehead atoms. The lowest BCUT2D eigenvalue weighted by atomic mass is 10.0. The maximum absolute atomic E-state index is 13.5. The van der Waals surface area contributed by atoms with Gasteiger partial charge in [0.2, 0.25) is 0 Å². The van der Waals surface area contributed by atoms with Gasteiger partial charge >= 0.3 is 0 Å². The quantitative estimate of drug-likeness (QED) is 0.637. The Morgan fingerprint density at radius 3 is 2.30 bits per heavy atom. The van der Waals surface area contributed by atoms with Crippen LogP contribution in [0.2, 0.25) is 0 Å². The number of carbonyl (C=O) groups is 1. The molecular formula is C17H19FOS. The summed E-state index contributed by atoms with van der Waals surface area (Å²) in [5, 5.41) is 0. The maximum Gasteiger partial charge on any atom is 0.167 e. The van der Waals surface area contributed by atoms with E-state index in [1.54, 1.807) is 24.3 Å². The summed E-state index contributed by atoms with van der Waals surface area (Å²) in [5.74, 6) is 0.0515. The zero-order valence-electron chi connectivity index (χ0n) is 11.8. The molecule has 0 heterocycles. The minimum atomic E-state index is -0.302. The van der Waals surface area contributed by atoms with Gasteiger partial charge in [-0.25, -0.2) is 4.39 Å². The molecule has 2 aromatic carbocycles. The van der Waals surface area contributed by atoms with E-state index in [1.807, 2.05) is 32.0 Å². The highest BCUT2D eigenvalue weighted by molar-refractivity contribution is 7.79. The standard InChI is InChI=1S/C15H13FOS.C2H6/c16-14-8-11(6-7-13(14)10-18)9-15(17)12-4-2-1-3-5-12;1-2/h1-8,18H,9-10H2;1-2H3. The molecule has 0 aromatic heterocycles. The van der Waals surface area contributed by atoms with Crippen LogP contribution in [0, 0.1) is 5.82 Å². The van der Waals surface area contributed by atoms with Crippen molar-refractivity contribution in [2.75, 3.05) is 0 Å². The second kappa shape index (κ2) is 8.54. The van der Waals surface area contributed by atoms with Gasteiger partial charge in [-0.2, -0.15) is 12.6 Å². The van der Waals surface area contributed by atoms with Crippen LogP contribution in [0.5, 0.6) is 0 Å². The summed E-state index contributed by atoms with van der Waals surface area (Å²) < 4.78 is 13.5. The molecule has 1 nitrogen and oxygen atoms in total. The van der Waals surface area contributed by atoms with E-state index in [0.717, 1.165) is 0 Å². The minimum absolute atomic E-state index is 0.00590. The van der Waals surface area contributed by atoms with Gasteiger partial charge in [0.25, 0.3) is 0 Å². The molecule has 0 saturated carbocycles. The van der Waals surface area contributed by atoms with Gasteiger partial charge in [-0.15, -0.1) is 0 Å². The van der Waals surface area contributed by atoms with Crippen molar-refractivity contribution in [3.63, 3.8) is 0 Å². The number of ketones is 1. The molecule has 0 radical (unpaired) electrons. The molecule has 0 saturated heterocycles. The lowest BCUT2D eigenvalue weighted by Gasteiger charge is -2.04. The van der Waals surface area contributed by atoms with Crippen molar-refractivity contribution in [1.29, 1.82) is 0 Å². The van der Waals surface area contributed by atoms with E-state index in [9.17, 15) is 9.18 Å². The Morgan fingerprint density at radius 2 is 1.75 bits per heavy atom. The van der Waals surface area contributed by atoms with E-state index in [4.69, 9.17) is 0 Å². The highest BCUT2D eigenvalue weighted by Crippen LogP contribution is 2.14. The third kappa shape index (κ3) is 4.49. The molecule has 0 unspecified atom stereocenters. The first kappa shape index (κ1) is 16.4. The first-order valence-corrected chi connectivity index (χ1v) is 7.30. The van der Waals surface area contributed by atoms with Crippen molar-refractivity contribution in [3.05, 3.63) is 71.0 Å². The number of Topliss-reactive ketones (excluding diaryl/α,β-unsaturated/α-hetero) is 1. The molecule has 3 heteroatoms. The molecule has 0 spiro atoms. The Balaban J connectivity index is 0.000000956. The van der Waals surface area contributed by atoms with Crippen LogP contribution < -0.4 is 0 Å². The third-order valence-electron chi connectivity index (χ3n) is 2.75. The summed E-state index contributed by atoms with van der Waals surface area (Å²) in [6.07, 6.45) is 0.216.